The van der Waals surface area contributed by atoms with E-state index in [4.69, 9.17) is 32.7 Å². The maximum absolute atomic E-state index is 12.0. The van der Waals surface area contributed by atoms with Crippen LogP contribution in [-0.4, -0.2) is 35.5 Å². The third-order valence-electron chi connectivity index (χ3n) is 3.70. The van der Waals surface area contributed by atoms with Crippen molar-refractivity contribution in [3.63, 3.8) is 0 Å². The van der Waals surface area contributed by atoms with E-state index in [-0.39, 0.29) is 12.5 Å². The molecule has 0 aliphatic carbocycles. The molecule has 24 heavy (non-hydrogen) atoms. The number of hydrogen-bond donors (Lipinski definition) is 1. The smallest absolute Gasteiger partial charge is 0.262 e. The second-order valence-electron chi connectivity index (χ2n) is 5.46. The fraction of sp³-hybridized carbons (Fsp3) is 0.375. The van der Waals surface area contributed by atoms with Crippen molar-refractivity contribution >= 4 is 34.8 Å². The number of halogens is 2. The second kappa shape index (κ2) is 7.88. The van der Waals surface area contributed by atoms with Crippen LogP contribution in [-0.2, 0) is 9.53 Å². The fourth-order valence-electron chi connectivity index (χ4n) is 2.48. The highest BCUT2D eigenvalue weighted by molar-refractivity contribution is 6.35. The average Bonchev–Trinajstić information content (AvgIpc) is 3.03. The van der Waals surface area contributed by atoms with Crippen LogP contribution in [0, 0.1) is 0 Å². The summed E-state index contributed by atoms with van der Waals surface area (Å²) < 4.78 is 12.6. The first-order chi connectivity index (χ1) is 11.6. The predicted octanol–water partition coefficient (Wildman–Crippen LogP) is 3.56. The van der Waals surface area contributed by atoms with E-state index in [1.165, 1.54) is 0 Å². The lowest BCUT2D eigenvalue weighted by Gasteiger charge is -2.22. The largest absolute Gasteiger partial charge is 0.482 e. The van der Waals surface area contributed by atoms with Gasteiger partial charge in [-0.1, -0.05) is 23.2 Å². The summed E-state index contributed by atoms with van der Waals surface area (Å²) in [5.74, 6) is 0.127. The molecule has 1 saturated heterocycles. The third kappa shape index (κ3) is 4.41. The third-order valence-corrected chi connectivity index (χ3v) is 4.23. The maximum Gasteiger partial charge on any atom is 0.262 e. The number of carbonyl (C=O) groups is 1. The van der Waals surface area contributed by atoms with Crippen LogP contribution < -0.4 is 10.1 Å². The van der Waals surface area contributed by atoms with Crippen LogP contribution in [0.1, 0.15) is 18.9 Å². The first kappa shape index (κ1) is 17.1. The second-order valence-corrected chi connectivity index (χ2v) is 6.31. The van der Waals surface area contributed by atoms with Crippen molar-refractivity contribution in [2.45, 2.75) is 18.9 Å². The molecule has 8 heteroatoms. The maximum atomic E-state index is 12.0. The molecule has 2 aromatic rings. The molecule has 1 aromatic heterocycles. The molecule has 0 unspecified atom stereocenters. The zero-order valence-corrected chi connectivity index (χ0v) is 14.4. The quantitative estimate of drug-likeness (QED) is 0.874. The van der Waals surface area contributed by atoms with Crippen LogP contribution in [0.15, 0.2) is 30.6 Å². The van der Waals surface area contributed by atoms with Gasteiger partial charge in [0.25, 0.3) is 5.91 Å². The van der Waals surface area contributed by atoms with E-state index in [0.717, 1.165) is 26.1 Å². The molecular formula is C16H17Cl2N3O3. The Morgan fingerprint density at radius 2 is 2.17 bits per heavy atom. The molecule has 128 valence electrons. The number of nitrogens with one attached hydrogen (secondary N) is 1. The van der Waals surface area contributed by atoms with Gasteiger partial charge in [0.1, 0.15) is 5.75 Å². The molecule has 2 heterocycles. The van der Waals surface area contributed by atoms with Crippen LogP contribution in [0.4, 0.5) is 5.69 Å². The van der Waals surface area contributed by atoms with Gasteiger partial charge in [0.05, 0.1) is 22.9 Å². The topological polar surface area (TPSA) is 65.4 Å². The molecular weight excluding hydrogens is 353 g/mol. The Kier molecular flexibility index (Phi) is 5.60. The summed E-state index contributed by atoms with van der Waals surface area (Å²) >= 11 is 11.8. The summed E-state index contributed by atoms with van der Waals surface area (Å²) in [6, 6.07) is 5.15. The summed E-state index contributed by atoms with van der Waals surface area (Å²) in [5, 5.41) is 7.93. The number of anilines is 1. The van der Waals surface area contributed by atoms with Crippen molar-refractivity contribution in [2.24, 2.45) is 0 Å². The highest BCUT2D eigenvalue weighted by atomic mass is 35.5. The summed E-state index contributed by atoms with van der Waals surface area (Å²) in [4.78, 5) is 12.0. The molecule has 3 rings (SSSR count). The number of hydrogen-bond acceptors (Lipinski definition) is 4. The lowest BCUT2D eigenvalue weighted by atomic mass is 10.1. The Morgan fingerprint density at radius 3 is 2.92 bits per heavy atom. The molecule has 6 nitrogen and oxygen atoms in total. The normalized spacial score (nSPS) is 15.2. The number of carbonyl (C=O) groups excluding carboxylic acids is 1. The SMILES string of the molecule is O=C(COc1ccc(Cl)cc1Cl)Nc1cnn(C2CCOCC2)c1. The summed E-state index contributed by atoms with van der Waals surface area (Å²) in [6.45, 7) is 1.33. The zero-order chi connectivity index (χ0) is 16.9. The van der Waals surface area contributed by atoms with Crippen LogP contribution >= 0.6 is 23.2 Å². The van der Waals surface area contributed by atoms with Crippen molar-refractivity contribution in [1.82, 2.24) is 9.78 Å². The Labute approximate surface area is 149 Å². The molecule has 0 saturated carbocycles. The number of benzene rings is 1. The van der Waals surface area contributed by atoms with Gasteiger partial charge in [-0.25, -0.2) is 0 Å². The van der Waals surface area contributed by atoms with Crippen molar-refractivity contribution in [1.29, 1.82) is 0 Å². The van der Waals surface area contributed by atoms with Crippen molar-refractivity contribution in [2.75, 3.05) is 25.1 Å². The summed E-state index contributed by atoms with van der Waals surface area (Å²) in [6.07, 6.45) is 5.30. The first-order valence-electron chi connectivity index (χ1n) is 7.61. The number of amides is 1. The molecule has 1 aliphatic heterocycles. The van der Waals surface area contributed by atoms with E-state index in [1.54, 1.807) is 24.4 Å². The van der Waals surface area contributed by atoms with E-state index < -0.39 is 0 Å². The number of aromatic nitrogens is 2. The van der Waals surface area contributed by atoms with E-state index in [9.17, 15) is 4.79 Å². The highest BCUT2D eigenvalue weighted by Gasteiger charge is 2.17. The van der Waals surface area contributed by atoms with E-state index >= 15 is 0 Å². The van der Waals surface area contributed by atoms with Gasteiger partial charge in [0.2, 0.25) is 0 Å². The summed E-state index contributed by atoms with van der Waals surface area (Å²) in [5.41, 5.74) is 0.636. The minimum atomic E-state index is -0.285. The Morgan fingerprint density at radius 1 is 1.38 bits per heavy atom. The van der Waals surface area contributed by atoms with Gasteiger partial charge >= 0.3 is 0 Å². The minimum absolute atomic E-state index is 0.149. The van der Waals surface area contributed by atoms with Crippen LogP contribution in [0.5, 0.6) is 5.75 Å². The lowest BCUT2D eigenvalue weighted by molar-refractivity contribution is -0.118. The monoisotopic (exact) mass is 369 g/mol. The van der Waals surface area contributed by atoms with Crippen molar-refractivity contribution in [3.8, 4) is 5.75 Å². The lowest BCUT2D eigenvalue weighted by Crippen LogP contribution is -2.21. The molecule has 1 amide bonds. The standard InChI is InChI=1S/C16H17Cl2N3O3/c17-11-1-2-15(14(18)7-11)24-10-16(22)20-12-8-19-21(9-12)13-3-5-23-6-4-13/h1-2,7-9,13H,3-6,10H2,(H,20,22). The average molecular weight is 370 g/mol. The van der Waals surface area contributed by atoms with Gasteiger partial charge in [-0.05, 0) is 31.0 Å². The molecule has 0 atom stereocenters. The van der Waals surface area contributed by atoms with Gasteiger partial charge in [-0.2, -0.15) is 5.10 Å². The Hall–Kier alpha value is -1.76. The molecule has 1 fully saturated rings. The van der Waals surface area contributed by atoms with Gasteiger partial charge in [-0.15, -0.1) is 0 Å². The zero-order valence-electron chi connectivity index (χ0n) is 12.9. The van der Waals surface area contributed by atoms with E-state index in [1.807, 2.05) is 10.9 Å². The molecule has 1 aliphatic rings. The van der Waals surface area contributed by atoms with Crippen molar-refractivity contribution < 1.29 is 14.3 Å². The van der Waals surface area contributed by atoms with E-state index in [0.29, 0.717) is 27.5 Å². The predicted molar refractivity (Wildman–Crippen MR) is 91.9 cm³/mol. The van der Waals surface area contributed by atoms with Crippen LogP contribution in [0.2, 0.25) is 10.0 Å². The molecule has 1 aromatic carbocycles. The Bertz CT molecular complexity index is 714. The highest BCUT2D eigenvalue weighted by Crippen LogP contribution is 2.27. The van der Waals surface area contributed by atoms with Gasteiger partial charge < -0.3 is 14.8 Å². The van der Waals surface area contributed by atoms with Crippen LogP contribution in [0.25, 0.3) is 0 Å². The van der Waals surface area contributed by atoms with Gasteiger partial charge in [0.15, 0.2) is 6.61 Å². The van der Waals surface area contributed by atoms with Gasteiger partial charge in [-0.3, -0.25) is 9.48 Å². The minimum Gasteiger partial charge on any atom is -0.482 e. The van der Waals surface area contributed by atoms with Crippen LogP contribution in [0.3, 0.4) is 0 Å². The molecule has 0 spiro atoms. The number of rotatable bonds is 5. The van der Waals surface area contributed by atoms with Gasteiger partial charge in [0, 0.05) is 24.4 Å². The first-order valence-corrected chi connectivity index (χ1v) is 8.37. The van der Waals surface area contributed by atoms with E-state index in [2.05, 4.69) is 10.4 Å². The number of ether oxygens (including phenoxy) is 2. The number of nitrogens with zero attached hydrogens (tertiary/aromatic N) is 2. The Balaban J connectivity index is 1.52. The fourth-order valence-corrected chi connectivity index (χ4v) is 2.95. The molecule has 0 radical (unpaired) electrons. The molecule has 1 N–H and O–H groups in total. The van der Waals surface area contributed by atoms with Crippen molar-refractivity contribution in [3.05, 3.63) is 40.6 Å². The molecule has 0 bridgehead atoms. The summed E-state index contributed by atoms with van der Waals surface area (Å²) in [7, 11) is 0.